The first-order chi connectivity index (χ1) is 20.2. The zero-order valence-electron chi connectivity index (χ0n) is 23.1. The molecule has 0 fully saturated rings. The summed E-state index contributed by atoms with van der Waals surface area (Å²) in [6.45, 7) is 1.73. The number of pyridine rings is 2. The molecule has 0 spiro atoms. The van der Waals surface area contributed by atoms with Gasteiger partial charge in [0.2, 0.25) is 5.91 Å². The highest BCUT2D eigenvalue weighted by Crippen LogP contribution is 2.26. The third kappa shape index (κ3) is 5.88. The number of tetrazole rings is 1. The van der Waals surface area contributed by atoms with Crippen LogP contribution in [0.15, 0.2) is 83.9 Å². The molecule has 2 aromatic carbocycles. The molecule has 1 atom stereocenters. The molecular formula is C30H27FN8O3. The number of likely N-dealkylation sites (N-methyl/N-ethyl adjacent to an activating group) is 1. The molecule has 0 aliphatic carbocycles. The van der Waals surface area contributed by atoms with Gasteiger partial charge in [-0.15, -0.1) is 5.10 Å². The fourth-order valence-electron chi connectivity index (χ4n) is 4.39. The Bertz CT molecular complexity index is 1830. The van der Waals surface area contributed by atoms with Crippen molar-refractivity contribution in [2.24, 2.45) is 7.05 Å². The maximum Gasteiger partial charge on any atom is 0.275 e. The number of carbonyl (C=O) groups excluding carboxylic acids is 2. The molecule has 0 saturated carbocycles. The molecule has 12 heteroatoms. The molecule has 5 rings (SSSR count). The molecule has 212 valence electrons. The monoisotopic (exact) mass is 566 g/mol. The highest BCUT2D eigenvalue weighted by atomic mass is 19.1. The van der Waals surface area contributed by atoms with Crippen molar-refractivity contribution in [1.29, 1.82) is 0 Å². The number of ketones is 1. The van der Waals surface area contributed by atoms with Crippen LogP contribution in [0.5, 0.6) is 0 Å². The molecular weight excluding hydrogens is 539 g/mol. The number of nitrogens with one attached hydrogen (secondary N) is 2. The van der Waals surface area contributed by atoms with Crippen molar-refractivity contribution in [2.45, 2.75) is 19.5 Å². The molecule has 3 heterocycles. The van der Waals surface area contributed by atoms with Gasteiger partial charge in [-0.3, -0.25) is 19.4 Å². The number of amides is 1. The third-order valence-electron chi connectivity index (χ3n) is 6.80. The topological polar surface area (TPSA) is 137 Å². The fourth-order valence-corrected chi connectivity index (χ4v) is 4.39. The molecule has 0 bridgehead atoms. The summed E-state index contributed by atoms with van der Waals surface area (Å²) in [4.78, 5) is 43.7. The lowest BCUT2D eigenvalue weighted by Gasteiger charge is -2.17. The van der Waals surface area contributed by atoms with Gasteiger partial charge in [-0.25, -0.2) is 9.07 Å². The van der Waals surface area contributed by atoms with E-state index in [1.165, 1.54) is 35.0 Å². The Kier molecular flexibility index (Phi) is 8.07. The van der Waals surface area contributed by atoms with E-state index in [1.54, 1.807) is 50.1 Å². The molecule has 42 heavy (non-hydrogen) atoms. The van der Waals surface area contributed by atoms with Gasteiger partial charge < -0.3 is 15.2 Å². The standard InChI is InChI=1S/C30H27FN8O3/c1-18(32-2)29(41)34-25-11-12-26(21-5-4-6-22(14-21)28-35-36-37-38(28)3)39(30(25)42)17-19-13-23(16-33-15-19)27(40)20-7-9-24(31)10-8-20/h4-16,18,32H,17H2,1-3H3,(H,34,41)/t18-/m0/s1. The number of benzene rings is 2. The zero-order valence-corrected chi connectivity index (χ0v) is 23.1. The van der Waals surface area contributed by atoms with E-state index in [2.05, 4.69) is 31.1 Å². The van der Waals surface area contributed by atoms with Crippen molar-refractivity contribution in [1.82, 2.24) is 35.1 Å². The Morgan fingerprint density at radius 2 is 1.74 bits per heavy atom. The van der Waals surface area contributed by atoms with Gasteiger partial charge in [0.15, 0.2) is 11.6 Å². The summed E-state index contributed by atoms with van der Waals surface area (Å²) < 4.78 is 16.4. The Morgan fingerprint density at radius 1 is 0.976 bits per heavy atom. The van der Waals surface area contributed by atoms with Crippen LogP contribution in [0.1, 0.15) is 28.4 Å². The molecule has 5 aromatic rings. The van der Waals surface area contributed by atoms with Crippen LogP contribution in [0.2, 0.25) is 0 Å². The Balaban J connectivity index is 1.57. The molecule has 3 aromatic heterocycles. The highest BCUT2D eigenvalue weighted by Gasteiger charge is 2.18. The van der Waals surface area contributed by atoms with E-state index < -0.39 is 17.4 Å². The van der Waals surface area contributed by atoms with Crippen molar-refractivity contribution in [3.8, 4) is 22.6 Å². The van der Waals surface area contributed by atoms with Crippen molar-refractivity contribution in [3.05, 3.63) is 112 Å². The lowest BCUT2D eigenvalue weighted by molar-refractivity contribution is -0.117. The first kappa shape index (κ1) is 28.2. The molecule has 0 unspecified atom stereocenters. The Hall–Kier alpha value is -5.36. The summed E-state index contributed by atoms with van der Waals surface area (Å²) in [7, 11) is 3.38. The summed E-state index contributed by atoms with van der Waals surface area (Å²) in [5, 5.41) is 17.2. The largest absolute Gasteiger partial charge is 0.320 e. The molecule has 0 radical (unpaired) electrons. The number of hydrogen-bond donors (Lipinski definition) is 2. The van der Waals surface area contributed by atoms with E-state index in [1.807, 2.05) is 24.3 Å². The second-order valence-corrected chi connectivity index (χ2v) is 9.65. The van der Waals surface area contributed by atoms with E-state index in [0.29, 0.717) is 28.2 Å². The number of halogens is 1. The van der Waals surface area contributed by atoms with Gasteiger partial charge in [0.05, 0.1) is 18.3 Å². The Labute approximate surface area is 240 Å². The predicted molar refractivity (Wildman–Crippen MR) is 154 cm³/mol. The Morgan fingerprint density at radius 3 is 2.45 bits per heavy atom. The van der Waals surface area contributed by atoms with Crippen LogP contribution in [-0.2, 0) is 18.4 Å². The van der Waals surface area contributed by atoms with Crippen LogP contribution >= 0.6 is 0 Å². The van der Waals surface area contributed by atoms with Crippen molar-refractivity contribution in [2.75, 3.05) is 12.4 Å². The average molecular weight is 567 g/mol. The first-order valence-corrected chi connectivity index (χ1v) is 13.0. The van der Waals surface area contributed by atoms with E-state index in [0.717, 1.165) is 5.56 Å². The summed E-state index contributed by atoms with van der Waals surface area (Å²) in [6.07, 6.45) is 2.99. The summed E-state index contributed by atoms with van der Waals surface area (Å²) in [5.74, 6) is -0.587. The fraction of sp³-hybridized carbons (Fsp3) is 0.167. The predicted octanol–water partition coefficient (Wildman–Crippen LogP) is 3.07. The van der Waals surface area contributed by atoms with Gasteiger partial charge in [-0.1, -0.05) is 18.2 Å². The van der Waals surface area contributed by atoms with Crippen LogP contribution in [0, 0.1) is 5.82 Å². The number of hydrogen-bond acceptors (Lipinski definition) is 8. The smallest absolute Gasteiger partial charge is 0.275 e. The van der Waals surface area contributed by atoms with Crippen LogP contribution < -0.4 is 16.2 Å². The molecule has 1 amide bonds. The number of anilines is 1. The van der Waals surface area contributed by atoms with Crippen LogP contribution in [0.25, 0.3) is 22.6 Å². The minimum Gasteiger partial charge on any atom is -0.320 e. The molecule has 11 nitrogen and oxygen atoms in total. The summed E-state index contributed by atoms with van der Waals surface area (Å²) in [6, 6.07) is 17.1. The van der Waals surface area contributed by atoms with Crippen LogP contribution in [-0.4, -0.2) is 54.5 Å². The van der Waals surface area contributed by atoms with Gasteiger partial charge in [0.25, 0.3) is 5.56 Å². The summed E-state index contributed by atoms with van der Waals surface area (Å²) in [5.41, 5.74) is 2.85. The molecule has 0 aliphatic rings. The number of aryl methyl sites for hydroxylation is 1. The van der Waals surface area contributed by atoms with Gasteiger partial charge in [-0.05, 0) is 84.1 Å². The van der Waals surface area contributed by atoms with E-state index in [4.69, 9.17) is 0 Å². The van der Waals surface area contributed by atoms with Crippen molar-refractivity contribution in [3.63, 3.8) is 0 Å². The third-order valence-corrected chi connectivity index (χ3v) is 6.80. The first-order valence-electron chi connectivity index (χ1n) is 13.0. The normalized spacial score (nSPS) is 11.7. The van der Waals surface area contributed by atoms with Crippen LogP contribution in [0.4, 0.5) is 10.1 Å². The van der Waals surface area contributed by atoms with Gasteiger partial charge in [0.1, 0.15) is 11.5 Å². The average Bonchev–Trinajstić information content (AvgIpc) is 3.44. The highest BCUT2D eigenvalue weighted by molar-refractivity contribution is 6.08. The van der Waals surface area contributed by atoms with Crippen molar-refractivity contribution >= 4 is 17.4 Å². The SMILES string of the molecule is CN[C@@H](C)C(=O)Nc1ccc(-c2cccc(-c3nnnn3C)c2)n(Cc2cncc(C(=O)c3ccc(F)cc3)c2)c1=O. The quantitative estimate of drug-likeness (QED) is 0.260. The van der Waals surface area contributed by atoms with Gasteiger partial charge in [-0.2, -0.15) is 0 Å². The molecule has 0 aliphatic heterocycles. The van der Waals surface area contributed by atoms with Crippen molar-refractivity contribution < 1.29 is 14.0 Å². The lowest BCUT2D eigenvalue weighted by Crippen LogP contribution is -2.37. The number of aromatic nitrogens is 6. The molecule has 2 N–H and O–H groups in total. The van der Waals surface area contributed by atoms with Crippen LogP contribution in [0.3, 0.4) is 0 Å². The second kappa shape index (κ2) is 12.0. The summed E-state index contributed by atoms with van der Waals surface area (Å²) >= 11 is 0. The second-order valence-electron chi connectivity index (χ2n) is 9.65. The zero-order chi connectivity index (χ0) is 29.8. The maximum absolute atomic E-state index is 13.8. The van der Waals surface area contributed by atoms with E-state index in [-0.39, 0.29) is 29.5 Å². The number of nitrogens with zero attached hydrogens (tertiary/aromatic N) is 6. The minimum atomic E-state index is -0.521. The van der Waals surface area contributed by atoms with Gasteiger partial charge >= 0.3 is 0 Å². The van der Waals surface area contributed by atoms with Gasteiger partial charge in [0, 0.05) is 36.1 Å². The minimum absolute atomic E-state index is 0.0484. The molecule has 0 saturated heterocycles. The number of rotatable bonds is 9. The van der Waals surface area contributed by atoms with E-state index >= 15 is 0 Å². The van der Waals surface area contributed by atoms with E-state index in [9.17, 15) is 18.8 Å². The number of carbonyl (C=O) groups is 2. The maximum atomic E-state index is 13.8. The lowest BCUT2D eigenvalue weighted by atomic mass is 10.0.